The van der Waals surface area contributed by atoms with Gasteiger partial charge in [-0.05, 0) is 61.9 Å². The number of benzene rings is 3. The third-order valence-corrected chi connectivity index (χ3v) is 8.69. The Balaban J connectivity index is 1.13. The van der Waals surface area contributed by atoms with Crippen LogP contribution in [-0.4, -0.2) is 58.1 Å². The fourth-order valence-corrected chi connectivity index (χ4v) is 6.34. The molecule has 1 unspecified atom stereocenters. The van der Waals surface area contributed by atoms with Gasteiger partial charge in [-0.1, -0.05) is 66.7 Å². The monoisotopic (exact) mass is 608 g/mol. The van der Waals surface area contributed by atoms with E-state index in [-0.39, 0.29) is 30.0 Å². The Labute approximate surface area is 263 Å². The van der Waals surface area contributed by atoms with Crippen LogP contribution in [0.4, 0.5) is 0 Å². The van der Waals surface area contributed by atoms with Crippen molar-refractivity contribution in [1.82, 2.24) is 20.5 Å². The fourth-order valence-electron chi connectivity index (χ4n) is 6.34. The van der Waals surface area contributed by atoms with Gasteiger partial charge in [0.2, 0.25) is 5.89 Å². The minimum Gasteiger partial charge on any atom is -0.446 e. The maximum absolute atomic E-state index is 13.7. The van der Waals surface area contributed by atoms with Crippen molar-refractivity contribution in [2.75, 3.05) is 13.1 Å². The van der Waals surface area contributed by atoms with Crippen LogP contribution in [0.25, 0.3) is 0 Å². The molecule has 6 rings (SSSR count). The van der Waals surface area contributed by atoms with Gasteiger partial charge in [0.1, 0.15) is 12.3 Å². The summed E-state index contributed by atoms with van der Waals surface area (Å²) in [7, 11) is 0. The van der Waals surface area contributed by atoms with Crippen LogP contribution in [0.15, 0.2) is 95.6 Å². The second kappa shape index (κ2) is 14.2. The van der Waals surface area contributed by atoms with Crippen LogP contribution in [-0.2, 0) is 11.3 Å². The number of nitrogens with zero attached hydrogens (tertiary/aromatic N) is 2. The van der Waals surface area contributed by atoms with E-state index in [1.54, 1.807) is 35.4 Å². The van der Waals surface area contributed by atoms with Gasteiger partial charge in [0.05, 0.1) is 30.6 Å². The highest BCUT2D eigenvalue weighted by molar-refractivity contribution is 6.00. The summed E-state index contributed by atoms with van der Waals surface area (Å²) in [5, 5.41) is 18.0. The summed E-state index contributed by atoms with van der Waals surface area (Å²) >= 11 is 0. The van der Waals surface area contributed by atoms with Gasteiger partial charge in [0.25, 0.3) is 11.8 Å². The minimum atomic E-state index is -0.916. The van der Waals surface area contributed by atoms with Crippen molar-refractivity contribution in [3.8, 4) is 0 Å². The van der Waals surface area contributed by atoms with Crippen molar-refractivity contribution in [1.29, 1.82) is 0 Å². The molecule has 0 saturated carbocycles. The zero-order valence-corrected chi connectivity index (χ0v) is 25.5. The van der Waals surface area contributed by atoms with Crippen LogP contribution in [0.1, 0.15) is 81.3 Å². The second-order valence-corrected chi connectivity index (χ2v) is 12.0. The number of rotatable bonds is 11. The Bertz CT molecular complexity index is 1580. The number of aryl methyl sites for hydroxylation is 1. The summed E-state index contributed by atoms with van der Waals surface area (Å²) in [5.41, 5.74) is 3.41. The molecule has 5 atom stereocenters. The molecule has 2 aliphatic heterocycles. The molecular weight excluding hydrogens is 568 g/mol. The smallest absolute Gasteiger partial charge is 0.254 e. The molecular formula is C36H40N4O5. The molecule has 1 aromatic heterocycles. The number of oxazole rings is 1. The maximum Gasteiger partial charge on any atom is 0.254 e. The van der Waals surface area contributed by atoms with E-state index in [1.165, 1.54) is 0 Å². The highest BCUT2D eigenvalue weighted by atomic mass is 16.5. The summed E-state index contributed by atoms with van der Waals surface area (Å²) in [5.74, 6) is 0.0274. The predicted octanol–water partition coefficient (Wildman–Crippen LogP) is 5.13. The molecule has 2 aliphatic rings. The second-order valence-electron chi connectivity index (χ2n) is 12.0. The lowest BCUT2D eigenvalue weighted by Gasteiger charge is -2.27. The lowest BCUT2D eigenvalue weighted by Crippen LogP contribution is -2.43. The van der Waals surface area contributed by atoms with Crippen molar-refractivity contribution < 1.29 is 23.8 Å². The van der Waals surface area contributed by atoms with Gasteiger partial charge in [-0.15, -0.1) is 0 Å². The first-order valence-corrected chi connectivity index (χ1v) is 15.7. The summed E-state index contributed by atoms with van der Waals surface area (Å²) in [6.45, 7) is 3.70. The number of ether oxygens (including phenoxy) is 1. The zero-order chi connectivity index (χ0) is 31.2. The molecule has 0 spiro atoms. The molecule has 4 aromatic rings. The van der Waals surface area contributed by atoms with E-state index in [9.17, 15) is 14.7 Å². The van der Waals surface area contributed by atoms with Crippen molar-refractivity contribution >= 4 is 11.8 Å². The van der Waals surface area contributed by atoms with Crippen LogP contribution >= 0.6 is 0 Å². The number of amides is 2. The fraction of sp³-hybridized carbons (Fsp3) is 0.361. The van der Waals surface area contributed by atoms with Gasteiger partial charge >= 0.3 is 0 Å². The van der Waals surface area contributed by atoms with Crippen LogP contribution in [0, 0.1) is 6.92 Å². The van der Waals surface area contributed by atoms with Gasteiger partial charge in [0.15, 0.2) is 0 Å². The highest BCUT2D eigenvalue weighted by Crippen LogP contribution is 2.33. The van der Waals surface area contributed by atoms with Crippen LogP contribution in [0.5, 0.6) is 0 Å². The predicted molar refractivity (Wildman–Crippen MR) is 169 cm³/mol. The number of carbonyl (C=O) groups excluding carboxylic acids is 2. The summed E-state index contributed by atoms with van der Waals surface area (Å²) in [6, 6.07) is 25.5. The molecule has 3 heterocycles. The Morgan fingerprint density at radius 1 is 1.07 bits per heavy atom. The average Bonchev–Trinajstić information content (AvgIpc) is 3.85. The third-order valence-electron chi connectivity index (χ3n) is 8.69. The standard InChI is InChI=1S/C36H40N4O5/c1-24-22-45-35(38-24)32-16-9-17-40(32)36(43)28-15-8-14-27(18-28)34(42)39-31(33(41)26-12-6-3-7-13-26)20-29-19-30(21-37-29)44-23-25-10-4-2-5-11-25/h2-8,10-15,18,22,29-33,37,41H,9,16-17,19-21,23H2,1H3,(H,39,42)/t29-,30+,31-,32+,33?/m0/s1. The van der Waals surface area contributed by atoms with Crippen molar-refractivity contribution in [3.63, 3.8) is 0 Å². The Morgan fingerprint density at radius 2 is 1.82 bits per heavy atom. The van der Waals surface area contributed by atoms with Crippen molar-refractivity contribution in [3.05, 3.63) is 125 Å². The van der Waals surface area contributed by atoms with Crippen molar-refractivity contribution in [2.45, 2.75) is 69.5 Å². The van der Waals surface area contributed by atoms with Gasteiger partial charge < -0.3 is 29.8 Å². The maximum atomic E-state index is 13.7. The minimum absolute atomic E-state index is 0.0397. The number of aliphatic hydroxyl groups excluding tert-OH is 1. The average molecular weight is 609 g/mol. The van der Waals surface area contributed by atoms with Crippen LogP contribution in [0.3, 0.4) is 0 Å². The molecule has 9 heteroatoms. The molecule has 3 aromatic carbocycles. The first kappa shape index (κ1) is 30.7. The van der Waals surface area contributed by atoms with E-state index in [4.69, 9.17) is 9.15 Å². The first-order chi connectivity index (χ1) is 21.9. The number of aliphatic hydroxyl groups is 1. The van der Waals surface area contributed by atoms with E-state index in [0.29, 0.717) is 43.1 Å². The number of aromatic nitrogens is 1. The molecule has 2 amide bonds. The topological polar surface area (TPSA) is 117 Å². The molecule has 0 bridgehead atoms. The lowest BCUT2D eigenvalue weighted by atomic mass is 9.95. The van der Waals surface area contributed by atoms with E-state index < -0.39 is 12.1 Å². The summed E-state index contributed by atoms with van der Waals surface area (Å²) in [4.78, 5) is 33.5. The molecule has 45 heavy (non-hydrogen) atoms. The van der Waals surface area contributed by atoms with E-state index in [2.05, 4.69) is 15.6 Å². The van der Waals surface area contributed by atoms with Crippen LogP contribution < -0.4 is 10.6 Å². The molecule has 3 N–H and O–H groups in total. The largest absolute Gasteiger partial charge is 0.446 e. The van der Waals surface area contributed by atoms with E-state index >= 15 is 0 Å². The quantitative estimate of drug-likeness (QED) is 0.216. The third kappa shape index (κ3) is 7.50. The SMILES string of the molecule is Cc1coc([C@H]2CCCN2C(=O)c2cccc(C(=O)N[C@@H](C[C@@H]3C[C@@H](OCc4ccccc4)CN3)C(O)c3ccccc3)c2)n1. The van der Waals surface area contributed by atoms with Gasteiger partial charge in [-0.3, -0.25) is 9.59 Å². The lowest BCUT2D eigenvalue weighted by molar-refractivity contribution is 0.0511. The molecule has 0 radical (unpaired) electrons. The van der Waals surface area contributed by atoms with Gasteiger partial charge in [0, 0.05) is 30.3 Å². The molecule has 9 nitrogen and oxygen atoms in total. The van der Waals surface area contributed by atoms with Gasteiger partial charge in [-0.25, -0.2) is 4.98 Å². The number of likely N-dealkylation sites (tertiary alicyclic amines) is 1. The molecule has 234 valence electrons. The van der Waals surface area contributed by atoms with Gasteiger partial charge in [-0.2, -0.15) is 0 Å². The van der Waals surface area contributed by atoms with E-state index in [1.807, 2.05) is 67.6 Å². The molecule has 0 aliphatic carbocycles. The molecule has 2 fully saturated rings. The normalized spacial score (nSPS) is 21.0. The number of nitrogens with one attached hydrogen (secondary N) is 2. The Kier molecular flexibility index (Phi) is 9.69. The number of hydrogen-bond donors (Lipinski definition) is 3. The number of hydrogen-bond acceptors (Lipinski definition) is 7. The van der Waals surface area contributed by atoms with Crippen molar-refractivity contribution in [2.24, 2.45) is 0 Å². The first-order valence-electron chi connectivity index (χ1n) is 15.7. The summed E-state index contributed by atoms with van der Waals surface area (Å²) in [6.07, 6.45) is 3.63. The summed E-state index contributed by atoms with van der Waals surface area (Å²) < 4.78 is 11.8. The molecule has 2 saturated heterocycles. The number of carbonyl (C=O) groups is 2. The van der Waals surface area contributed by atoms with E-state index in [0.717, 1.165) is 36.1 Å². The Morgan fingerprint density at radius 3 is 2.58 bits per heavy atom. The van der Waals surface area contributed by atoms with Crippen LogP contribution in [0.2, 0.25) is 0 Å². The Hall–Kier alpha value is -4.31. The zero-order valence-electron chi connectivity index (χ0n) is 25.5. The highest BCUT2D eigenvalue weighted by Gasteiger charge is 2.35.